The van der Waals surface area contributed by atoms with Gasteiger partial charge in [0.1, 0.15) is 0 Å². The maximum absolute atomic E-state index is 9.70. The van der Waals surface area contributed by atoms with Crippen LogP contribution in [0.3, 0.4) is 0 Å². The summed E-state index contributed by atoms with van der Waals surface area (Å²) in [5.41, 5.74) is 1.57. The lowest BCUT2D eigenvalue weighted by Gasteiger charge is -2.27. The number of methoxy groups -OCH3 is 1. The molecule has 0 saturated carbocycles. The minimum absolute atomic E-state index is 0.263. The molecule has 0 heterocycles. The Balaban J connectivity index is 2.56. The lowest BCUT2D eigenvalue weighted by Crippen LogP contribution is -2.29. The average molecular weight is 279 g/mol. The van der Waals surface area contributed by atoms with Crippen molar-refractivity contribution in [2.24, 2.45) is 5.41 Å². The smallest absolute Gasteiger partial charge is 0.0785 e. The van der Waals surface area contributed by atoms with Crippen molar-refractivity contribution in [3.05, 3.63) is 35.9 Å². The summed E-state index contributed by atoms with van der Waals surface area (Å²) in [5, 5.41) is 13.3. The molecule has 20 heavy (non-hydrogen) atoms. The van der Waals surface area contributed by atoms with Crippen molar-refractivity contribution in [3.63, 3.8) is 0 Å². The van der Waals surface area contributed by atoms with E-state index in [1.807, 2.05) is 6.07 Å². The molecule has 2 N–H and O–H groups in total. The molecule has 0 aliphatic rings. The van der Waals surface area contributed by atoms with Crippen molar-refractivity contribution in [2.75, 3.05) is 20.3 Å². The molecule has 3 nitrogen and oxygen atoms in total. The van der Waals surface area contributed by atoms with Crippen molar-refractivity contribution in [3.8, 4) is 0 Å². The molecule has 0 aliphatic carbocycles. The quantitative estimate of drug-likeness (QED) is 0.768. The summed E-state index contributed by atoms with van der Waals surface area (Å²) in [5.74, 6) is 0. The summed E-state index contributed by atoms with van der Waals surface area (Å²) in [7, 11) is 1.61. The van der Waals surface area contributed by atoms with Gasteiger partial charge in [0.15, 0.2) is 0 Å². The molecule has 2 unspecified atom stereocenters. The van der Waals surface area contributed by atoms with Crippen LogP contribution < -0.4 is 5.32 Å². The highest BCUT2D eigenvalue weighted by atomic mass is 16.5. The van der Waals surface area contributed by atoms with Gasteiger partial charge in [0.25, 0.3) is 0 Å². The number of aliphatic hydroxyl groups is 1. The second-order valence-electron chi connectivity index (χ2n) is 6.58. The largest absolute Gasteiger partial charge is 0.391 e. The summed E-state index contributed by atoms with van der Waals surface area (Å²) < 4.78 is 4.95. The fraction of sp³-hybridized carbons (Fsp3) is 0.647. The number of aliphatic hydroxyl groups excluding tert-OH is 1. The monoisotopic (exact) mass is 279 g/mol. The molecule has 0 radical (unpaired) electrons. The average Bonchev–Trinajstić information content (AvgIpc) is 2.37. The molecule has 0 amide bonds. The van der Waals surface area contributed by atoms with Gasteiger partial charge >= 0.3 is 0 Å². The van der Waals surface area contributed by atoms with Crippen LogP contribution in [-0.2, 0) is 4.74 Å². The first kappa shape index (κ1) is 17.2. The number of nitrogens with one attached hydrogen (secondary N) is 1. The third-order valence-corrected chi connectivity index (χ3v) is 3.25. The van der Waals surface area contributed by atoms with E-state index in [-0.39, 0.29) is 5.41 Å². The highest BCUT2D eigenvalue weighted by molar-refractivity contribution is 5.19. The van der Waals surface area contributed by atoms with Gasteiger partial charge in [-0.1, -0.05) is 51.1 Å². The van der Waals surface area contributed by atoms with Crippen LogP contribution in [-0.4, -0.2) is 31.5 Å². The predicted molar refractivity (Wildman–Crippen MR) is 83.8 cm³/mol. The summed E-state index contributed by atoms with van der Waals surface area (Å²) in [6.07, 6.45) is 1.39. The van der Waals surface area contributed by atoms with Crippen LogP contribution >= 0.6 is 0 Å². The van der Waals surface area contributed by atoms with Crippen molar-refractivity contribution in [1.82, 2.24) is 5.32 Å². The summed E-state index contributed by atoms with van der Waals surface area (Å²) in [4.78, 5) is 0. The molecule has 0 bridgehead atoms. The molecule has 1 rings (SSSR count). The lowest BCUT2D eigenvalue weighted by atomic mass is 9.85. The second-order valence-corrected chi connectivity index (χ2v) is 6.58. The maximum Gasteiger partial charge on any atom is 0.0785 e. The first-order chi connectivity index (χ1) is 9.42. The van der Waals surface area contributed by atoms with E-state index < -0.39 is 6.10 Å². The fourth-order valence-corrected chi connectivity index (χ4v) is 2.31. The van der Waals surface area contributed by atoms with E-state index in [2.05, 4.69) is 50.4 Å². The Morgan fingerprint density at radius 2 is 1.85 bits per heavy atom. The number of ether oxygens (including phenoxy) is 1. The summed E-state index contributed by atoms with van der Waals surface area (Å²) in [6.45, 7) is 7.95. The van der Waals surface area contributed by atoms with Gasteiger partial charge in [-0.05, 0) is 30.4 Å². The molecular formula is C17H29NO2. The summed E-state index contributed by atoms with van der Waals surface area (Å²) >= 11 is 0. The summed E-state index contributed by atoms with van der Waals surface area (Å²) in [6, 6.07) is 10.8. The number of benzene rings is 1. The van der Waals surface area contributed by atoms with Crippen LogP contribution in [0, 0.1) is 5.41 Å². The maximum atomic E-state index is 9.70. The van der Waals surface area contributed by atoms with E-state index in [1.54, 1.807) is 7.11 Å². The van der Waals surface area contributed by atoms with Crippen molar-refractivity contribution in [1.29, 1.82) is 0 Å². The number of hydrogen-bond donors (Lipinski definition) is 2. The first-order valence-electron chi connectivity index (χ1n) is 7.38. The Labute approximate surface area is 123 Å². The molecule has 0 fully saturated rings. The van der Waals surface area contributed by atoms with Gasteiger partial charge in [-0.15, -0.1) is 0 Å². The first-order valence-corrected chi connectivity index (χ1v) is 7.38. The van der Waals surface area contributed by atoms with E-state index in [4.69, 9.17) is 4.74 Å². The number of hydrogen-bond acceptors (Lipinski definition) is 3. The Kier molecular flexibility index (Phi) is 7.20. The molecule has 0 spiro atoms. The van der Waals surface area contributed by atoms with Crippen molar-refractivity contribution in [2.45, 2.75) is 45.8 Å². The van der Waals surface area contributed by atoms with Crippen molar-refractivity contribution < 1.29 is 9.84 Å². The molecule has 3 heteroatoms. The van der Waals surface area contributed by atoms with Gasteiger partial charge in [0, 0.05) is 13.2 Å². The zero-order valence-corrected chi connectivity index (χ0v) is 13.2. The number of rotatable bonds is 8. The van der Waals surface area contributed by atoms with E-state index in [1.165, 1.54) is 5.56 Å². The van der Waals surface area contributed by atoms with Gasteiger partial charge in [-0.3, -0.25) is 0 Å². The van der Waals surface area contributed by atoms with Crippen LogP contribution in [0.1, 0.15) is 45.2 Å². The van der Waals surface area contributed by atoms with E-state index in [0.717, 1.165) is 13.0 Å². The van der Waals surface area contributed by atoms with Crippen molar-refractivity contribution >= 4 is 0 Å². The lowest BCUT2D eigenvalue weighted by molar-refractivity contribution is 0.0587. The van der Waals surface area contributed by atoms with Gasteiger partial charge in [-0.25, -0.2) is 0 Å². The Morgan fingerprint density at radius 3 is 2.40 bits per heavy atom. The Bertz CT molecular complexity index is 359. The van der Waals surface area contributed by atoms with Crippen LogP contribution in [0.2, 0.25) is 0 Å². The highest BCUT2D eigenvalue weighted by Crippen LogP contribution is 2.29. The normalized spacial score (nSPS) is 15.1. The van der Waals surface area contributed by atoms with E-state index >= 15 is 0 Å². The van der Waals surface area contributed by atoms with Gasteiger partial charge in [0.05, 0.1) is 12.7 Å². The van der Waals surface area contributed by atoms with Crippen LogP contribution in [0.15, 0.2) is 30.3 Å². The fourth-order valence-electron chi connectivity index (χ4n) is 2.31. The molecule has 1 aromatic carbocycles. The van der Waals surface area contributed by atoms with Gasteiger partial charge in [-0.2, -0.15) is 0 Å². The molecule has 0 aromatic heterocycles. The van der Waals surface area contributed by atoms with Gasteiger partial charge < -0.3 is 15.2 Å². The zero-order valence-electron chi connectivity index (χ0n) is 13.2. The molecule has 2 atom stereocenters. The molecule has 1 aromatic rings. The van der Waals surface area contributed by atoms with Crippen LogP contribution in [0.4, 0.5) is 0 Å². The Hall–Kier alpha value is -0.900. The Morgan fingerprint density at radius 1 is 1.20 bits per heavy atom. The third-order valence-electron chi connectivity index (χ3n) is 3.25. The van der Waals surface area contributed by atoms with E-state index in [0.29, 0.717) is 19.1 Å². The van der Waals surface area contributed by atoms with Gasteiger partial charge in [0.2, 0.25) is 0 Å². The molecule has 114 valence electrons. The predicted octanol–water partition coefficient (Wildman–Crippen LogP) is 3.15. The second kappa shape index (κ2) is 8.40. The minimum Gasteiger partial charge on any atom is -0.391 e. The third kappa shape index (κ3) is 7.04. The van der Waals surface area contributed by atoms with Crippen LogP contribution in [0.25, 0.3) is 0 Å². The van der Waals surface area contributed by atoms with E-state index in [9.17, 15) is 5.11 Å². The zero-order chi connectivity index (χ0) is 15.0. The SMILES string of the molecule is COCC(O)CCNC(CC(C)(C)C)c1ccccc1. The minimum atomic E-state index is -0.390. The topological polar surface area (TPSA) is 41.5 Å². The molecular weight excluding hydrogens is 250 g/mol. The molecule has 0 saturated heterocycles. The standard InChI is InChI=1S/C17H29NO2/c1-17(2,3)12-16(14-8-6-5-7-9-14)18-11-10-15(19)13-20-4/h5-9,15-16,18-19H,10-13H2,1-4H3. The highest BCUT2D eigenvalue weighted by Gasteiger charge is 2.19. The molecule has 0 aliphatic heterocycles. The van der Waals surface area contributed by atoms with Crippen LogP contribution in [0.5, 0.6) is 0 Å².